The van der Waals surface area contributed by atoms with Gasteiger partial charge in [-0.1, -0.05) is 6.92 Å². The van der Waals surface area contributed by atoms with Gasteiger partial charge in [0.2, 0.25) is 0 Å². The number of hydrogen-bond donors (Lipinski definition) is 1. The average Bonchev–Trinajstić information content (AvgIpc) is 2.73. The van der Waals surface area contributed by atoms with Crippen LogP contribution in [0.1, 0.15) is 24.3 Å². The minimum absolute atomic E-state index is 0.265. The maximum atomic E-state index is 13.8. The Labute approximate surface area is 116 Å². The average molecular weight is 334 g/mol. The molecule has 1 heterocycles. The van der Waals surface area contributed by atoms with Gasteiger partial charge in [0.25, 0.3) is 0 Å². The molecule has 0 saturated heterocycles. The summed E-state index contributed by atoms with van der Waals surface area (Å²) in [6.07, 6.45) is 1.41. The van der Waals surface area contributed by atoms with E-state index in [4.69, 9.17) is 4.42 Å². The molecule has 0 spiro atoms. The van der Waals surface area contributed by atoms with Crippen molar-refractivity contribution in [3.8, 4) is 0 Å². The number of halogens is 4. The second kappa shape index (κ2) is 5.79. The summed E-state index contributed by atoms with van der Waals surface area (Å²) in [4.78, 5) is 0. The van der Waals surface area contributed by atoms with Crippen LogP contribution in [0.5, 0.6) is 0 Å². The molecule has 1 atom stereocenters. The van der Waals surface area contributed by atoms with E-state index in [1.165, 1.54) is 6.26 Å². The van der Waals surface area contributed by atoms with E-state index in [0.717, 1.165) is 0 Å². The molecule has 19 heavy (non-hydrogen) atoms. The molecular formula is C13H11BrF3NO. The van der Waals surface area contributed by atoms with E-state index in [-0.39, 0.29) is 5.56 Å². The van der Waals surface area contributed by atoms with Crippen LogP contribution in [0.15, 0.2) is 33.4 Å². The minimum atomic E-state index is -0.952. The van der Waals surface area contributed by atoms with Crippen molar-refractivity contribution >= 4 is 15.9 Å². The molecular weight excluding hydrogens is 323 g/mol. The van der Waals surface area contributed by atoms with Crippen LogP contribution < -0.4 is 5.32 Å². The molecule has 2 nitrogen and oxygen atoms in total. The number of benzene rings is 1. The Bertz CT molecular complexity index is 562. The molecule has 2 rings (SSSR count). The van der Waals surface area contributed by atoms with Crippen molar-refractivity contribution in [3.05, 3.63) is 57.7 Å². The fourth-order valence-corrected chi connectivity index (χ4v) is 2.30. The highest BCUT2D eigenvalue weighted by Gasteiger charge is 2.26. The van der Waals surface area contributed by atoms with E-state index in [1.807, 2.05) is 0 Å². The van der Waals surface area contributed by atoms with Crippen LogP contribution in [0.3, 0.4) is 0 Å². The largest absolute Gasteiger partial charge is 0.466 e. The molecule has 1 aromatic heterocycles. The highest BCUT2D eigenvalue weighted by Crippen LogP contribution is 2.32. The summed E-state index contributed by atoms with van der Waals surface area (Å²) in [6, 6.07) is 2.10. The van der Waals surface area contributed by atoms with Crippen molar-refractivity contribution in [1.29, 1.82) is 0 Å². The zero-order chi connectivity index (χ0) is 14.0. The van der Waals surface area contributed by atoms with Gasteiger partial charge in [0.1, 0.15) is 23.2 Å². The summed E-state index contributed by atoms with van der Waals surface area (Å²) in [7, 11) is 0. The van der Waals surface area contributed by atoms with Gasteiger partial charge in [-0.2, -0.15) is 0 Å². The monoisotopic (exact) mass is 333 g/mol. The molecule has 0 saturated carbocycles. The first-order valence-electron chi connectivity index (χ1n) is 5.65. The smallest absolute Gasteiger partial charge is 0.139 e. The second-order valence-corrected chi connectivity index (χ2v) is 4.76. The van der Waals surface area contributed by atoms with Gasteiger partial charge in [0, 0.05) is 17.7 Å². The van der Waals surface area contributed by atoms with Gasteiger partial charge in [0.05, 0.1) is 16.8 Å². The Balaban J connectivity index is 2.54. The first-order valence-corrected chi connectivity index (χ1v) is 6.44. The third kappa shape index (κ3) is 2.84. The zero-order valence-electron chi connectivity index (χ0n) is 10.0. The lowest BCUT2D eigenvalue weighted by molar-refractivity contribution is 0.422. The van der Waals surface area contributed by atoms with Crippen LogP contribution in [0.2, 0.25) is 0 Å². The Morgan fingerprint density at radius 2 is 1.89 bits per heavy atom. The molecule has 0 aliphatic rings. The normalized spacial score (nSPS) is 12.7. The van der Waals surface area contributed by atoms with Gasteiger partial charge >= 0.3 is 0 Å². The molecule has 6 heteroatoms. The van der Waals surface area contributed by atoms with Gasteiger partial charge in [-0.05, 0) is 28.5 Å². The quantitative estimate of drug-likeness (QED) is 0.908. The summed E-state index contributed by atoms with van der Waals surface area (Å²) in [5, 5.41) is 2.92. The van der Waals surface area contributed by atoms with E-state index in [1.54, 1.807) is 13.0 Å². The lowest BCUT2D eigenvalue weighted by Gasteiger charge is -2.18. The molecule has 0 fully saturated rings. The summed E-state index contributed by atoms with van der Waals surface area (Å²) in [6.45, 7) is 2.26. The molecule has 2 aromatic rings. The number of rotatable bonds is 4. The SMILES string of the molecule is CCNC(c1occc1Br)c1c(F)cc(F)cc1F. The van der Waals surface area contributed by atoms with Crippen molar-refractivity contribution in [3.63, 3.8) is 0 Å². The predicted molar refractivity (Wildman–Crippen MR) is 68.2 cm³/mol. The Kier molecular flexibility index (Phi) is 4.31. The van der Waals surface area contributed by atoms with Crippen molar-refractivity contribution < 1.29 is 17.6 Å². The zero-order valence-corrected chi connectivity index (χ0v) is 11.6. The predicted octanol–water partition coefficient (Wildman–Crippen LogP) is 4.16. The van der Waals surface area contributed by atoms with Crippen LogP contribution in [0.25, 0.3) is 0 Å². The number of furan rings is 1. The molecule has 0 bridgehead atoms. The first-order chi connectivity index (χ1) is 9.04. The topological polar surface area (TPSA) is 25.2 Å². The fraction of sp³-hybridized carbons (Fsp3) is 0.231. The van der Waals surface area contributed by atoms with Gasteiger partial charge < -0.3 is 9.73 Å². The Hall–Kier alpha value is -1.27. The molecule has 0 amide bonds. The second-order valence-electron chi connectivity index (χ2n) is 3.91. The standard InChI is InChI=1S/C13H11BrF3NO/c1-2-18-12(13-8(14)3-4-19-13)11-9(16)5-7(15)6-10(11)17/h3-6,12,18H,2H2,1H3. The molecule has 1 unspecified atom stereocenters. The van der Waals surface area contributed by atoms with E-state index >= 15 is 0 Å². The van der Waals surface area contributed by atoms with E-state index < -0.39 is 23.5 Å². The maximum Gasteiger partial charge on any atom is 0.139 e. The molecule has 1 N–H and O–H groups in total. The van der Waals surface area contributed by atoms with Crippen LogP contribution in [-0.4, -0.2) is 6.54 Å². The minimum Gasteiger partial charge on any atom is -0.466 e. The number of hydrogen-bond acceptors (Lipinski definition) is 2. The summed E-state index contributed by atoms with van der Waals surface area (Å²) < 4.78 is 46.4. The van der Waals surface area contributed by atoms with Gasteiger partial charge in [-0.3, -0.25) is 0 Å². The van der Waals surface area contributed by atoms with Crippen LogP contribution in [-0.2, 0) is 0 Å². The van der Waals surface area contributed by atoms with E-state index in [2.05, 4.69) is 21.2 Å². The van der Waals surface area contributed by atoms with E-state index in [9.17, 15) is 13.2 Å². The molecule has 0 aliphatic heterocycles. The van der Waals surface area contributed by atoms with E-state index in [0.29, 0.717) is 28.9 Å². The van der Waals surface area contributed by atoms with Crippen LogP contribution >= 0.6 is 15.9 Å². The van der Waals surface area contributed by atoms with Crippen molar-refractivity contribution in [2.24, 2.45) is 0 Å². The highest BCUT2D eigenvalue weighted by molar-refractivity contribution is 9.10. The lowest BCUT2D eigenvalue weighted by atomic mass is 10.0. The molecule has 102 valence electrons. The molecule has 0 radical (unpaired) electrons. The summed E-state index contributed by atoms with van der Waals surface area (Å²) >= 11 is 3.25. The van der Waals surface area contributed by atoms with Crippen molar-refractivity contribution in [1.82, 2.24) is 5.32 Å². The van der Waals surface area contributed by atoms with Gasteiger partial charge in [-0.25, -0.2) is 13.2 Å². The number of nitrogens with one attached hydrogen (secondary N) is 1. The van der Waals surface area contributed by atoms with Gasteiger partial charge in [-0.15, -0.1) is 0 Å². The maximum absolute atomic E-state index is 13.8. The third-order valence-corrected chi connectivity index (χ3v) is 3.30. The summed E-state index contributed by atoms with van der Waals surface area (Å²) in [5.74, 6) is -2.52. The summed E-state index contributed by atoms with van der Waals surface area (Å²) in [5.41, 5.74) is -0.265. The fourth-order valence-electron chi connectivity index (χ4n) is 1.87. The Morgan fingerprint density at radius 3 is 2.37 bits per heavy atom. The Morgan fingerprint density at radius 1 is 1.26 bits per heavy atom. The lowest BCUT2D eigenvalue weighted by Crippen LogP contribution is -2.24. The van der Waals surface area contributed by atoms with Crippen LogP contribution in [0.4, 0.5) is 13.2 Å². The van der Waals surface area contributed by atoms with Crippen LogP contribution in [0, 0.1) is 17.5 Å². The first kappa shape index (κ1) is 14.1. The molecule has 0 aliphatic carbocycles. The molecule has 1 aromatic carbocycles. The highest BCUT2D eigenvalue weighted by atomic mass is 79.9. The third-order valence-electron chi connectivity index (χ3n) is 2.65. The van der Waals surface area contributed by atoms with Crippen molar-refractivity contribution in [2.45, 2.75) is 13.0 Å². The van der Waals surface area contributed by atoms with Gasteiger partial charge in [0.15, 0.2) is 0 Å². The van der Waals surface area contributed by atoms with Crippen molar-refractivity contribution in [2.75, 3.05) is 6.54 Å².